The predicted octanol–water partition coefficient (Wildman–Crippen LogP) is 2.12. The molecule has 2 rings (SSSR count). The molecule has 1 unspecified atom stereocenters. The summed E-state index contributed by atoms with van der Waals surface area (Å²) in [6.07, 6.45) is 2.05. The van der Waals surface area contributed by atoms with Gasteiger partial charge in [0, 0.05) is 36.4 Å². The van der Waals surface area contributed by atoms with Crippen molar-refractivity contribution in [3.05, 3.63) is 23.4 Å². The number of hydrogen-bond donors (Lipinski definition) is 2. The molecule has 0 saturated carbocycles. The van der Waals surface area contributed by atoms with Crippen molar-refractivity contribution in [3.63, 3.8) is 0 Å². The van der Waals surface area contributed by atoms with Crippen LogP contribution in [0.25, 0.3) is 0 Å². The monoisotopic (exact) mass is 291 g/mol. The number of nitrogens with zero attached hydrogens (tertiary/aromatic N) is 1. The van der Waals surface area contributed by atoms with Crippen LogP contribution >= 0.6 is 0 Å². The van der Waals surface area contributed by atoms with Crippen LogP contribution in [-0.4, -0.2) is 30.6 Å². The molecule has 5 nitrogen and oxygen atoms in total. The van der Waals surface area contributed by atoms with Gasteiger partial charge in [-0.2, -0.15) is 0 Å². The number of pyridine rings is 1. The minimum Gasteiger partial charge on any atom is -0.384 e. The largest absolute Gasteiger partial charge is 0.384 e. The number of carbonyl (C=O) groups excluding carboxylic acids is 1. The molecule has 2 heterocycles. The van der Waals surface area contributed by atoms with Gasteiger partial charge in [-0.15, -0.1) is 0 Å². The molecular weight excluding hydrogens is 266 g/mol. The van der Waals surface area contributed by atoms with Crippen molar-refractivity contribution >= 4 is 11.7 Å². The van der Waals surface area contributed by atoms with Crippen LogP contribution in [0.4, 0.5) is 5.82 Å². The molecule has 1 aromatic heterocycles. The van der Waals surface area contributed by atoms with Crippen LogP contribution in [0.5, 0.6) is 0 Å². The highest BCUT2D eigenvalue weighted by molar-refractivity contribution is 5.94. The number of rotatable bonds is 4. The molecule has 21 heavy (non-hydrogen) atoms. The van der Waals surface area contributed by atoms with Crippen molar-refractivity contribution in [2.45, 2.75) is 39.0 Å². The molecule has 0 radical (unpaired) electrons. The van der Waals surface area contributed by atoms with E-state index >= 15 is 0 Å². The van der Waals surface area contributed by atoms with Crippen LogP contribution in [0, 0.1) is 5.92 Å². The van der Waals surface area contributed by atoms with E-state index in [-0.39, 0.29) is 11.3 Å². The molecule has 116 valence electrons. The van der Waals surface area contributed by atoms with Gasteiger partial charge in [-0.3, -0.25) is 4.79 Å². The molecule has 0 aliphatic carbocycles. The molecule has 1 fully saturated rings. The van der Waals surface area contributed by atoms with Crippen LogP contribution in [0.1, 0.15) is 49.7 Å². The normalized spacial score (nSPS) is 18.7. The molecule has 1 atom stereocenters. The highest BCUT2D eigenvalue weighted by atomic mass is 16.5. The molecule has 0 spiro atoms. The number of aromatic nitrogens is 1. The third-order valence-electron chi connectivity index (χ3n) is 3.74. The minimum atomic E-state index is -0.133. The standard InChI is InChI=1S/C16H25N3O2/c1-16(2,3)13-8-12(9-14(17)19-13)15(20)18-6-4-11-5-7-21-10-11/h8-9,11H,4-7,10H2,1-3H3,(H2,17,19)(H,18,20). The first-order valence-corrected chi connectivity index (χ1v) is 7.50. The Kier molecular flexibility index (Phi) is 4.83. The number of amides is 1. The van der Waals surface area contributed by atoms with Crippen LogP contribution in [0.3, 0.4) is 0 Å². The van der Waals surface area contributed by atoms with Crippen LogP contribution in [0.2, 0.25) is 0 Å². The van der Waals surface area contributed by atoms with Gasteiger partial charge in [0.1, 0.15) is 5.82 Å². The molecule has 5 heteroatoms. The van der Waals surface area contributed by atoms with Gasteiger partial charge in [-0.05, 0) is 30.9 Å². The lowest BCUT2D eigenvalue weighted by Gasteiger charge is -2.19. The van der Waals surface area contributed by atoms with Gasteiger partial charge in [0.25, 0.3) is 5.91 Å². The second-order valence-corrected chi connectivity index (χ2v) is 6.69. The topological polar surface area (TPSA) is 77.2 Å². The molecule has 1 aliphatic rings. The zero-order valence-electron chi connectivity index (χ0n) is 13.1. The van der Waals surface area contributed by atoms with Gasteiger partial charge in [0.05, 0.1) is 0 Å². The fourth-order valence-electron chi connectivity index (χ4n) is 2.37. The van der Waals surface area contributed by atoms with Crippen molar-refractivity contribution in [2.24, 2.45) is 5.92 Å². The molecule has 1 aliphatic heterocycles. The Balaban J connectivity index is 1.96. The van der Waals surface area contributed by atoms with E-state index in [4.69, 9.17) is 10.5 Å². The maximum atomic E-state index is 12.2. The number of anilines is 1. The average molecular weight is 291 g/mol. The maximum absolute atomic E-state index is 12.2. The van der Waals surface area contributed by atoms with E-state index < -0.39 is 0 Å². The molecule has 0 bridgehead atoms. The Labute approximate surface area is 126 Å². The number of ether oxygens (including phenoxy) is 1. The smallest absolute Gasteiger partial charge is 0.251 e. The highest BCUT2D eigenvalue weighted by Gasteiger charge is 2.19. The van der Waals surface area contributed by atoms with Crippen LogP contribution < -0.4 is 11.1 Å². The maximum Gasteiger partial charge on any atom is 0.251 e. The summed E-state index contributed by atoms with van der Waals surface area (Å²) < 4.78 is 5.33. The summed E-state index contributed by atoms with van der Waals surface area (Å²) in [5, 5.41) is 2.95. The van der Waals surface area contributed by atoms with Crippen molar-refractivity contribution < 1.29 is 9.53 Å². The molecular formula is C16H25N3O2. The summed E-state index contributed by atoms with van der Waals surface area (Å²) in [4.78, 5) is 16.5. The van der Waals surface area contributed by atoms with Crippen molar-refractivity contribution in [1.82, 2.24) is 10.3 Å². The van der Waals surface area contributed by atoms with Gasteiger partial charge in [0.15, 0.2) is 0 Å². The predicted molar refractivity (Wildman–Crippen MR) is 83.2 cm³/mol. The van der Waals surface area contributed by atoms with E-state index in [0.717, 1.165) is 31.7 Å². The minimum absolute atomic E-state index is 0.0893. The van der Waals surface area contributed by atoms with Gasteiger partial charge in [-0.1, -0.05) is 20.8 Å². The van der Waals surface area contributed by atoms with Gasteiger partial charge >= 0.3 is 0 Å². The SMILES string of the molecule is CC(C)(C)c1cc(C(=O)NCCC2CCOC2)cc(N)n1. The third kappa shape index (κ3) is 4.43. The summed E-state index contributed by atoms with van der Waals surface area (Å²) in [7, 11) is 0. The number of nitrogen functional groups attached to an aromatic ring is 1. The van der Waals surface area contributed by atoms with E-state index in [2.05, 4.69) is 31.1 Å². The van der Waals surface area contributed by atoms with Crippen LogP contribution in [-0.2, 0) is 10.2 Å². The lowest BCUT2D eigenvalue weighted by Crippen LogP contribution is -2.27. The summed E-state index contributed by atoms with van der Waals surface area (Å²) in [6, 6.07) is 3.45. The highest BCUT2D eigenvalue weighted by Crippen LogP contribution is 2.22. The van der Waals surface area contributed by atoms with Gasteiger partial charge < -0.3 is 15.8 Å². The Hall–Kier alpha value is -1.62. The lowest BCUT2D eigenvalue weighted by atomic mass is 9.90. The fraction of sp³-hybridized carbons (Fsp3) is 0.625. The quantitative estimate of drug-likeness (QED) is 0.890. The first-order valence-electron chi connectivity index (χ1n) is 7.50. The number of hydrogen-bond acceptors (Lipinski definition) is 4. The summed E-state index contributed by atoms with van der Waals surface area (Å²) in [6.45, 7) is 8.48. The second-order valence-electron chi connectivity index (χ2n) is 6.69. The number of nitrogens with one attached hydrogen (secondary N) is 1. The number of nitrogens with two attached hydrogens (primary N) is 1. The fourth-order valence-corrected chi connectivity index (χ4v) is 2.37. The average Bonchev–Trinajstić information content (AvgIpc) is 2.90. The zero-order valence-corrected chi connectivity index (χ0v) is 13.1. The lowest BCUT2D eigenvalue weighted by molar-refractivity contribution is 0.0950. The second kappa shape index (κ2) is 6.43. The zero-order chi connectivity index (χ0) is 15.5. The summed E-state index contributed by atoms with van der Waals surface area (Å²) in [5.74, 6) is 0.864. The van der Waals surface area contributed by atoms with E-state index in [0.29, 0.717) is 23.8 Å². The molecule has 3 N–H and O–H groups in total. The van der Waals surface area contributed by atoms with Crippen LogP contribution in [0.15, 0.2) is 12.1 Å². The summed E-state index contributed by atoms with van der Waals surface area (Å²) >= 11 is 0. The van der Waals surface area contributed by atoms with E-state index in [1.165, 1.54) is 0 Å². The molecule has 1 amide bonds. The Morgan fingerprint density at radius 2 is 2.24 bits per heavy atom. The Morgan fingerprint density at radius 3 is 2.86 bits per heavy atom. The molecule has 1 saturated heterocycles. The van der Waals surface area contributed by atoms with Gasteiger partial charge in [0.2, 0.25) is 0 Å². The van der Waals surface area contributed by atoms with E-state index in [1.54, 1.807) is 6.07 Å². The van der Waals surface area contributed by atoms with E-state index in [1.807, 2.05) is 6.07 Å². The molecule has 0 aromatic carbocycles. The van der Waals surface area contributed by atoms with Crippen molar-refractivity contribution in [3.8, 4) is 0 Å². The van der Waals surface area contributed by atoms with E-state index in [9.17, 15) is 4.79 Å². The molecule has 1 aromatic rings. The summed E-state index contributed by atoms with van der Waals surface area (Å²) in [5.41, 5.74) is 7.09. The first-order chi connectivity index (χ1) is 9.86. The number of carbonyl (C=O) groups is 1. The third-order valence-corrected chi connectivity index (χ3v) is 3.74. The Bertz CT molecular complexity index is 503. The van der Waals surface area contributed by atoms with Gasteiger partial charge in [-0.25, -0.2) is 4.98 Å². The first kappa shape index (κ1) is 15.8. The Morgan fingerprint density at radius 1 is 1.48 bits per heavy atom. The van der Waals surface area contributed by atoms with Crippen molar-refractivity contribution in [1.29, 1.82) is 0 Å². The van der Waals surface area contributed by atoms with Crippen molar-refractivity contribution in [2.75, 3.05) is 25.5 Å².